The monoisotopic (exact) mass is 416 g/mol. The number of fused-ring (bicyclic) bond motifs is 1. The number of aromatic nitrogens is 4. The third-order valence-electron chi connectivity index (χ3n) is 5.29. The van der Waals surface area contributed by atoms with Gasteiger partial charge in [-0.15, -0.1) is 10.2 Å². The summed E-state index contributed by atoms with van der Waals surface area (Å²) >= 11 is 1.14. The molecule has 7 nitrogen and oxygen atoms in total. The molecule has 0 aliphatic carbocycles. The smallest absolute Gasteiger partial charge is 0.255 e. The molecule has 0 saturated carbocycles. The Hall–Kier alpha value is -3.39. The van der Waals surface area contributed by atoms with Crippen molar-refractivity contribution < 1.29 is 4.79 Å². The summed E-state index contributed by atoms with van der Waals surface area (Å²) in [5, 5.41) is 11.7. The first-order valence-corrected chi connectivity index (χ1v) is 10.7. The Morgan fingerprint density at radius 3 is 2.43 bits per heavy atom. The molecule has 1 amide bonds. The van der Waals surface area contributed by atoms with Gasteiger partial charge in [-0.2, -0.15) is 8.75 Å². The molecule has 5 rings (SSSR count). The molecule has 1 aliphatic rings. The van der Waals surface area contributed by atoms with Gasteiger partial charge in [0, 0.05) is 29.9 Å². The van der Waals surface area contributed by atoms with E-state index >= 15 is 0 Å². The zero-order valence-electron chi connectivity index (χ0n) is 16.3. The van der Waals surface area contributed by atoms with E-state index in [1.165, 1.54) is 19.3 Å². The molecule has 0 atom stereocenters. The highest BCUT2D eigenvalue weighted by molar-refractivity contribution is 7.00. The second-order valence-corrected chi connectivity index (χ2v) is 7.85. The second-order valence-electron chi connectivity index (χ2n) is 7.32. The zero-order valence-corrected chi connectivity index (χ0v) is 17.1. The molecule has 150 valence electrons. The van der Waals surface area contributed by atoms with Gasteiger partial charge in [0.15, 0.2) is 5.82 Å². The lowest BCUT2D eigenvalue weighted by atomic mass is 10.1. The van der Waals surface area contributed by atoms with Crippen LogP contribution < -0.4 is 10.2 Å². The molecule has 1 aliphatic heterocycles. The topological polar surface area (TPSA) is 83.9 Å². The maximum absolute atomic E-state index is 12.5. The molecule has 0 bridgehead atoms. The predicted octanol–water partition coefficient (Wildman–Crippen LogP) is 4.39. The maximum atomic E-state index is 12.5. The number of hydrogen-bond acceptors (Lipinski definition) is 7. The lowest BCUT2D eigenvalue weighted by Gasteiger charge is -2.27. The first-order chi connectivity index (χ1) is 14.8. The molecule has 2 aromatic carbocycles. The highest BCUT2D eigenvalue weighted by atomic mass is 32.1. The van der Waals surface area contributed by atoms with Crippen molar-refractivity contribution in [3.05, 3.63) is 60.2 Å². The number of carbonyl (C=O) groups is 1. The van der Waals surface area contributed by atoms with E-state index in [2.05, 4.69) is 29.2 Å². The fourth-order valence-corrected chi connectivity index (χ4v) is 4.14. The number of benzene rings is 2. The van der Waals surface area contributed by atoms with Gasteiger partial charge in [0.25, 0.3) is 5.91 Å². The summed E-state index contributed by atoms with van der Waals surface area (Å²) in [5.41, 5.74) is 4.58. The van der Waals surface area contributed by atoms with Gasteiger partial charge in [-0.3, -0.25) is 4.79 Å². The summed E-state index contributed by atoms with van der Waals surface area (Å²) in [6.07, 6.45) is 3.72. The van der Waals surface area contributed by atoms with Crippen LogP contribution in [0.5, 0.6) is 0 Å². The minimum absolute atomic E-state index is 0.177. The summed E-state index contributed by atoms with van der Waals surface area (Å²) in [7, 11) is 0. The van der Waals surface area contributed by atoms with Crippen molar-refractivity contribution in [1.82, 2.24) is 18.9 Å². The summed E-state index contributed by atoms with van der Waals surface area (Å²) < 4.78 is 8.34. The van der Waals surface area contributed by atoms with Gasteiger partial charge in [0.05, 0.1) is 17.4 Å². The van der Waals surface area contributed by atoms with Crippen molar-refractivity contribution in [2.75, 3.05) is 23.3 Å². The average molecular weight is 417 g/mol. The molecular formula is C22H20N6OS. The van der Waals surface area contributed by atoms with Crippen molar-refractivity contribution in [3.63, 3.8) is 0 Å². The Kier molecular flexibility index (Phi) is 5.06. The second kappa shape index (κ2) is 8.16. The highest BCUT2D eigenvalue weighted by Crippen LogP contribution is 2.23. The van der Waals surface area contributed by atoms with Crippen LogP contribution in [0.3, 0.4) is 0 Å². The molecule has 1 saturated heterocycles. The molecule has 3 heterocycles. The Labute approximate surface area is 178 Å². The molecule has 4 aromatic rings. The molecule has 0 radical (unpaired) electrons. The summed E-state index contributed by atoms with van der Waals surface area (Å²) in [4.78, 5) is 14.8. The number of nitrogens with one attached hydrogen (secondary N) is 1. The van der Waals surface area contributed by atoms with Gasteiger partial charge >= 0.3 is 0 Å². The Morgan fingerprint density at radius 2 is 1.67 bits per heavy atom. The Balaban J connectivity index is 1.27. The summed E-state index contributed by atoms with van der Waals surface area (Å²) in [6, 6.07) is 17.0. The molecule has 8 heteroatoms. The molecular weight excluding hydrogens is 396 g/mol. The van der Waals surface area contributed by atoms with E-state index in [-0.39, 0.29) is 5.91 Å². The van der Waals surface area contributed by atoms with Crippen LogP contribution in [0.2, 0.25) is 0 Å². The van der Waals surface area contributed by atoms with Gasteiger partial charge in [-0.05, 0) is 61.7 Å². The van der Waals surface area contributed by atoms with Crippen LogP contribution in [0.1, 0.15) is 29.6 Å². The van der Waals surface area contributed by atoms with Gasteiger partial charge in [-0.25, -0.2) is 0 Å². The molecule has 1 fully saturated rings. The number of rotatable bonds is 4. The average Bonchev–Trinajstić information content (AvgIpc) is 3.28. The van der Waals surface area contributed by atoms with Gasteiger partial charge < -0.3 is 10.2 Å². The lowest BCUT2D eigenvalue weighted by Crippen LogP contribution is -2.30. The van der Waals surface area contributed by atoms with Crippen LogP contribution in [0.25, 0.3) is 22.3 Å². The fourth-order valence-electron chi connectivity index (χ4n) is 3.62. The molecule has 30 heavy (non-hydrogen) atoms. The van der Waals surface area contributed by atoms with Gasteiger partial charge in [0.1, 0.15) is 11.0 Å². The number of piperidine rings is 1. The van der Waals surface area contributed by atoms with Crippen molar-refractivity contribution >= 4 is 40.2 Å². The largest absolute Gasteiger partial charge is 0.355 e. The maximum Gasteiger partial charge on any atom is 0.255 e. The van der Waals surface area contributed by atoms with Crippen LogP contribution in [0.15, 0.2) is 54.6 Å². The van der Waals surface area contributed by atoms with E-state index < -0.39 is 0 Å². The molecule has 0 spiro atoms. The van der Waals surface area contributed by atoms with Crippen LogP contribution >= 0.6 is 11.7 Å². The quantitative estimate of drug-likeness (QED) is 0.531. The number of nitrogens with zero attached hydrogens (tertiary/aromatic N) is 5. The zero-order chi connectivity index (χ0) is 20.3. The first-order valence-electron chi connectivity index (χ1n) is 9.99. The standard InChI is InChI=1S/C22H20N6OS/c29-22(16-6-9-19-20(14-16)27-30-26-19)23-17-7-4-15(5-8-17)18-10-11-21(25-24-18)28-12-2-1-3-13-28/h4-11,14H,1-3,12-13H2,(H,23,29). The lowest BCUT2D eigenvalue weighted by molar-refractivity contribution is 0.102. The minimum Gasteiger partial charge on any atom is -0.355 e. The van der Waals surface area contributed by atoms with Crippen LogP contribution in [-0.4, -0.2) is 37.9 Å². The van der Waals surface area contributed by atoms with Crippen molar-refractivity contribution in [2.45, 2.75) is 19.3 Å². The molecule has 0 unspecified atom stereocenters. The van der Waals surface area contributed by atoms with Gasteiger partial charge in [-0.1, -0.05) is 12.1 Å². The SMILES string of the molecule is O=C(Nc1ccc(-c2ccc(N3CCCCC3)nn2)cc1)c1ccc2nsnc2c1. The van der Waals surface area contributed by atoms with Crippen LogP contribution in [-0.2, 0) is 0 Å². The number of anilines is 2. The Bertz CT molecular complexity index is 1170. The third-order valence-corrected chi connectivity index (χ3v) is 5.84. The number of hydrogen-bond donors (Lipinski definition) is 1. The fraction of sp³-hybridized carbons (Fsp3) is 0.227. The van der Waals surface area contributed by atoms with Crippen molar-refractivity contribution in [2.24, 2.45) is 0 Å². The predicted molar refractivity (Wildman–Crippen MR) is 119 cm³/mol. The van der Waals surface area contributed by atoms with Crippen LogP contribution in [0.4, 0.5) is 11.5 Å². The van der Waals surface area contributed by atoms with E-state index in [1.54, 1.807) is 12.1 Å². The van der Waals surface area contributed by atoms with Gasteiger partial charge in [0.2, 0.25) is 0 Å². The summed E-state index contributed by atoms with van der Waals surface area (Å²) in [6.45, 7) is 2.10. The minimum atomic E-state index is -0.177. The number of carbonyl (C=O) groups excluding carboxylic acids is 1. The highest BCUT2D eigenvalue weighted by Gasteiger charge is 2.13. The van der Waals surface area contributed by atoms with E-state index in [1.807, 2.05) is 42.5 Å². The first kappa shape index (κ1) is 18.6. The molecule has 1 N–H and O–H groups in total. The van der Waals surface area contributed by atoms with E-state index in [4.69, 9.17) is 0 Å². The van der Waals surface area contributed by atoms with E-state index in [0.717, 1.165) is 58.6 Å². The van der Waals surface area contributed by atoms with Crippen molar-refractivity contribution in [3.8, 4) is 11.3 Å². The summed E-state index contributed by atoms with van der Waals surface area (Å²) in [5.74, 6) is 0.762. The molecule has 2 aromatic heterocycles. The normalized spacial score (nSPS) is 14.1. The Morgan fingerprint density at radius 1 is 0.867 bits per heavy atom. The van der Waals surface area contributed by atoms with Crippen molar-refractivity contribution in [1.29, 1.82) is 0 Å². The van der Waals surface area contributed by atoms with E-state index in [0.29, 0.717) is 5.56 Å². The van der Waals surface area contributed by atoms with E-state index in [9.17, 15) is 4.79 Å². The number of amides is 1. The van der Waals surface area contributed by atoms with Crippen LogP contribution in [0, 0.1) is 0 Å². The third kappa shape index (κ3) is 3.86.